The Morgan fingerprint density at radius 3 is 2.21 bits per heavy atom. The number of benzene rings is 2. The van der Waals surface area contributed by atoms with Crippen molar-refractivity contribution in [1.82, 2.24) is 5.32 Å². The van der Waals surface area contributed by atoms with Crippen LogP contribution in [0.3, 0.4) is 0 Å². The van der Waals surface area contributed by atoms with Gasteiger partial charge in [0.1, 0.15) is 0 Å². The molecule has 0 aliphatic carbocycles. The van der Waals surface area contributed by atoms with Crippen LogP contribution in [0.5, 0.6) is 0 Å². The summed E-state index contributed by atoms with van der Waals surface area (Å²) >= 11 is 5.86. The zero-order valence-electron chi connectivity index (χ0n) is 13.4. The van der Waals surface area contributed by atoms with E-state index in [9.17, 15) is 14.7 Å². The third kappa shape index (κ3) is 4.83. The fourth-order valence-corrected chi connectivity index (χ4v) is 2.77. The number of carbonyl (C=O) groups excluding carboxylic acids is 2. The standard InChI is InChI=1S/C19H20ClNO3/c1-2-16(13-6-4-3-5-7-13)19(24)21-17(12-18(22)23)14-8-10-15(20)11-9-14/h3-11,16-17H,2,12H2,1H3,(H,21,24)(H,22,23)/p-1/t16-,17-/m0/s1. The molecule has 24 heavy (non-hydrogen) atoms. The van der Waals surface area contributed by atoms with Gasteiger partial charge in [0.15, 0.2) is 0 Å². The quantitative estimate of drug-likeness (QED) is 0.839. The lowest BCUT2D eigenvalue weighted by molar-refractivity contribution is -0.306. The summed E-state index contributed by atoms with van der Waals surface area (Å²) in [6, 6.07) is 15.5. The second-order valence-electron chi connectivity index (χ2n) is 5.56. The number of hydrogen-bond acceptors (Lipinski definition) is 3. The molecular weight excluding hydrogens is 326 g/mol. The second kappa shape index (κ2) is 8.50. The highest BCUT2D eigenvalue weighted by Gasteiger charge is 2.22. The van der Waals surface area contributed by atoms with Gasteiger partial charge in [-0.05, 0) is 29.7 Å². The Balaban J connectivity index is 2.20. The zero-order chi connectivity index (χ0) is 17.5. The Hall–Kier alpha value is -2.33. The number of carbonyl (C=O) groups is 2. The van der Waals surface area contributed by atoms with Crippen LogP contribution in [0.2, 0.25) is 5.02 Å². The van der Waals surface area contributed by atoms with Crippen LogP contribution in [0.1, 0.15) is 42.9 Å². The van der Waals surface area contributed by atoms with Crippen molar-refractivity contribution < 1.29 is 14.7 Å². The Morgan fingerprint density at radius 2 is 1.67 bits per heavy atom. The average molecular weight is 345 g/mol. The maximum atomic E-state index is 12.7. The monoisotopic (exact) mass is 344 g/mol. The summed E-state index contributed by atoms with van der Waals surface area (Å²) in [6.07, 6.45) is 0.326. The number of carboxylic acids is 1. The molecule has 0 aliphatic rings. The van der Waals surface area contributed by atoms with Gasteiger partial charge in [-0.2, -0.15) is 0 Å². The van der Waals surface area contributed by atoms with E-state index >= 15 is 0 Å². The van der Waals surface area contributed by atoms with E-state index in [0.717, 1.165) is 5.56 Å². The van der Waals surface area contributed by atoms with Crippen LogP contribution in [0.4, 0.5) is 0 Å². The molecule has 0 aliphatic heterocycles. The van der Waals surface area contributed by atoms with Crippen molar-refractivity contribution in [3.63, 3.8) is 0 Å². The molecule has 126 valence electrons. The minimum absolute atomic E-state index is 0.204. The van der Waals surface area contributed by atoms with E-state index in [1.807, 2.05) is 37.3 Å². The van der Waals surface area contributed by atoms with Gasteiger partial charge in [0, 0.05) is 17.4 Å². The first kappa shape index (κ1) is 18.0. The van der Waals surface area contributed by atoms with Crippen molar-refractivity contribution in [1.29, 1.82) is 0 Å². The molecule has 2 aromatic carbocycles. The van der Waals surface area contributed by atoms with Crippen molar-refractivity contribution >= 4 is 23.5 Å². The van der Waals surface area contributed by atoms with Gasteiger partial charge in [-0.3, -0.25) is 4.79 Å². The smallest absolute Gasteiger partial charge is 0.228 e. The van der Waals surface area contributed by atoms with Crippen LogP contribution in [-0.2, 0) is 9.59 Å². The van der Waals surface area contributed by atoms with Crippen LogP contribution >= 0.6 is 11.6 Å². The number of aliphatic carboxylic acids is 1. The molecule has 0 spiro atoms. The molecule has 0 radical (unpaired) electrons. The lowest BCUT2D eigenvalue weighted by Gasteiger charge is -2.23. The third-order valence-electron chi connectivity index (χ3n) is 3.89. The topological polar surface area (TPSA) is 69.2 Å². The predicted octanol–water partition coefficient (Wildman–Crippen LogP) is 2.83. The summed E-state index contributed by atoms with van der Waals surface area (Å²) in [5.41, 5.74) is 1.58. The predicted molar refractivity (Wildman–Crippen MR) is 91.4 cm³/mol. The number of nitrogens with one attached hydrogen (secondary N) is 1. The molecule has 0 bridgehead atoms. The summed E-state index contributed by atoms with van der Waals surface area (Å²) in [5.74, 6) is -1.75. The summed E-state index contributed by atoms with van der Waals surface area (Å²) < 4.78 is 0. The molecule has 0 heterocycles. The van der Waals surface area contributed by atoms with Crippen LogP contribution in [-0.4, -0.2) is 11.9 Å². The van der Waals surface area contributed by atoms with Gasteiger partial charge in [0.25, 0.3) is 0 Å². The van der Waals surface area contributed by atoms with E-state index in [0.29, 0.717) is 17.0 Å². The van der Waals surface area contributed by atoms with Crippen LogP contribution < -0.4 is 10.4 Å². The second-order valence-corrected chi connectivity index (χ2v) is 6.00. The van der Waals surface area contributed by atoms with E-state index < -0.39 is 12.0 Å². The Bertz CT molecular complexity index is 686. The van der Waals surface area contributed by atoms with Crippen molar-refractivity contribution in [2.45, 2.75) is 31.7 Å². The van der Waals surface area contributed by atoms with E-state index in [-0.39, 0.29) is 18.2 Å². The molecule has 0 saturated carbocycles. The SMILES string of the molecule is CC[C@H](C(=O)N[C@@H](CC(=O)[O-])c1ccc(Cl)cc1)c1ccccc1. The lowest BCUT2D eigenvalue weighted by atomic mass is 9.94. The van der Waals surface area contributed by atoms with Crippen molar-refractivity contribution in [2.24, 2.45) is 0 Å². The van der Waals surface area contributed by atoms with Gasteiger partial charge in [0.05, 0.1) is 12.0 Å². The van der Waals surface area contributed by atoms with Gasteiger partial charge in [-0.1, -0.05) is 61.0 Å². The van der Waals surface area contributed by atoms with Gasteiger partial charge < -0.3 is 15.2 Å². The molecule has 2 rings (SSSR count). The fourth-order valence-electron chi connectivity index (χ4n) is 2.64. The van der Waals surface area contributed by atoms with Crippen LogP contribution in [0, 0.1) is 0 Å². The summed E-state index contributed by atoms with van der Waals surface area (Å²) in [6.45, 7) is 1.92. The number of carboxylic acid groups (broad SMARTS) is 1. The molecule has 0 aromatic heterocycles. The number of halogens is 1. The van der Waals surface area contributed by atoms with Gasteiger partial charge >= 0.3 is 0 Å². The van der Waals surface area contributed by atoms with E-state index in [1.54, 1.807) is 24.3 Å². The van der Waals surface area contributed by atoms with Crippen LogP contribution in [0.15, 0.2) is 54.6 Å². The summed E-state index contributed by atoms with van der Waals surface area (Å²) in [4.78, 5) is 23.7. The number of rotatable bonds is 7. The largest absolute Gasteiger partial charge is 0.550 e. The van der Waals surface area contributed by atoms with Crippen molar-refractivity contribution in [2.75, 3.05) is 0 Å². The van der Waals surface area contributed by atoms with Crippen molar-refractivity contribution in [3.8, 4) is 0 Å². The van der Waals surface area contributed by atoms with Crippen molar-refractivity contribution in [3.05, 3.63) is 70.7 Å². The Labute approximate surface area is 146 Å². The molecule has 0 saturated heterocycles. The number of amides is 1. The maximum absolute atomic E-state index is 12.7. The molecule has 4 nitrogen and oxygen atoms in total. The van der Waals surface area contributed by atoms with E-state index in [4.69, 9.17) is 11.6 Å². The first-order valence-electron chi connectivity index (χ1n) is 7.82. The molecule has 1 N–H and O–H groups in total. The highest BCUT2D eigenvalue weighted by molar-refractivity contribution is 6.30. The molecular formula is C19H19ClNO3-. The van der Waals surface area contributed by atoms with E-state index in [1.165, 1.54) is 0 Å². The number of hydrogen-bond donors (Lipinski definition) is 1. The molecule has 0 fully saturated rings. The fraction of sp³-hybridized carbons (Fsp3) is 0.263. The summed E-state index contributed by atoms with van der Waals surface area (Å²) in [5, 5.41) is 14.4. The van der Waals surface area contributed by atoms with Gasteiger partial charge in [0.2, 0.25) is 5.91 Å². The highest BCUT2D eigenvalue weighted by atomic mass is 35.5. The summed E-state index contributed by atoms with van der Waals surface area (Å²) in [7, 11) is 0. The average Bonchev–Trinajstić information content (AvgIpc) is 2.56. The zero-order valence-corrected chi connectivity index (χ0v) is 14.1. The normalized spacial score (nSPS) is 13.1. The lowest BCUT2D eigenvalue weighted by Crippen LogP contribution is -2.36. The maximum Gasteiger partial charge on any atom is 0.228 e. The van der Waals surface area contributed by atoms with Crippen LogP contribution in [0.25, 0.3) is 0 Å². The van der Waals surface area contributed by atoms with Gasteiger partial charge in [-0.15, -0.1) is 0 Å². The Kier molecular flexibility index (Phi) is 6.38. The first-order chi connectivity index (χ1) is 11.5. The van der Waals surface area contributed by atoms with Gasteiger partial charge in [-0.25, -0.2) is 0 Å². The molecule has 0 unspecified atom stereocenters. The Morgan fingerprint density at radius 1 is 1.04 bits per heavy atom. The third-order valence-corrected chi connectivity index (χ3v) is 4.14. The highest BCUT2D eigenvalue weighted by Crippen LogP contribution is 2.24. The molecule has 2 aromatic rings. The van der Waals surface area contributed by atoms with E-state index in [2.05, 4.69) is 5.32 Å². The first-order valence-corrected chi connectivity index (χ1v) is 8.19. The minimum Gasteiger partial charge on any atom is -0.550 e. The minimum atomic E-state index is -1.22. The molecule has 5 heteroatoms. The molecule has 2 atom stereocenters. The molecule has 1 amide bonds.